The highest BCUT2D eigenvalue weighted by molar-refractivity contribution is 5.99. The Bertz CT molecular complexity index is 470. The van der Waals surface area contributed by atoms with Crippen LogP contribution in [0.3, 0.4) is 0 Å². The van der Waals surface area contributed by atoms with Crippen LogP contribution in [0.5, 0.6) is 5.75 Å². The number of ether oxygens (including phenoxy) is 2. The molecule has 1 aliphatic heterocycles. The van der Waals surface area contributed by atoms with Crippen LogP contribution >= 0.6 is 0 Å². The molecule has 1 aliphatic rings. The molecule has 1 aromatic carbocycles. The van der Waals surface area contributed by atoms with Crippen LogP contribution < -0.4 is 10.1 Å². The van der Waals surface area contributed by atoms with Crippen molar-refractivity contribution in [2.75, 3.05) is 11.9 Å². The Labute approximate surface area is 98.7 Å². The van der Waals surface area contributed by atoms with Crippen LogP contribution in [0.1, 0.15) is 24.2 Å². The van der Waals surface area contributed by atoms with E-state index in [1.807, 2.05) is 0 Å². The fraction of sp³-hybridized carbons (Fsp3) is 0.333. The number of carbonyl (C=O) groups excluding carboxylic acids is 2. The molecule has 5 nitrogen and oxygen atoms in total. The molecule has 1 unspecified atom stereocenters. The van der Waals surface area contributed by atoms with Gasteiger partial charge >= 0.3 is 5.97 Å². The molecule has 90 valence electrons. The predicted molar refractivity (Wildman–Crippen MR) is 61.1 cm³/mol. The average Bonchev–Trinajstić information content (AvgIpc) is 2.30. The number of amides is 1. The summed E-state index contributed by atoms with van der Waals surface area (Å²) in [5.41, 5.74) is 0.982. The van der Waals surface area contributed by atoms with Crippen molar-refractivity contribution in [1.82, 2.24) is 0 Å². The quantitative estimate of drug-likeness (QED) is 0.790. The Morgan fingerprint density at radius 1 is 1.53 bits per heavy atom. The molecular weight excluding hydrogens is 222 g/mol. The lowest BCUT2D eigenvalue weighted by Gasteiger charge is -2.23. The van der Waals surface area contributed by atoms with E-state index in [0.29, 0.717) is 23.6 Å². The second kappa shape index (κ2) is 4.45. The molecule has 1 heterocycles. The first-order chi connectivity index (χ1) is 8.11. The lowest BCUT2D eigenvalue weighted by atomic mass is 10.1. The van der Waals surface area contributed by atoms with Crippen molar-refractivity contribution < 1.29 is 19.1 Å². The number of carbonyl (C=O) groups is 2. The molecule has 2 rings (SSSR count). The lowest BCUT2D eigenvalue weighted by molar-refractivity contribution is -0.122. The van der Waals surface area contributed by atoms with E-state index >= 15 is 0 Å². The molecule has 5 heteroatoms. The molecule has 0 aromatic heterocycles. The number of nitrogens with one attached hydrogen (secondary N) is 1. The summed E-state index contributed by atoms with van der Waals surface area (Å²) in [7, 11) is 0. The molecule has 0 spiro atoms. The fourth-order valence-corrected chi connectivity index (χ4v) is 1.54. The molecule has 0 fully saturated rings. The standard InChI is InChI=1S/C12H13NO4/c1-3-16-12(15)8-4-5-9-10(6-8)17-7(2)11(14)13-9/h4-7H,3H2,1-2H3,(H,13,14). The van der Waals surface area contributed by atoms with E-state index < -0.39 is 12.1 Å². The maximum atomic E-state index is 11.5. The van der Waals surface area contributed by atoms with Gasteiger partial charge in [-0.3, -0.25) is 4.79 Å². The molecule has 0 aliphatic carbocycles. The van der Waals surface area contributed by atoms with Crippen LogP contribution in [0, 0.1) is 0 Å². The minimum atomic E-state index is -0.556. The van der Waals surface area contributed by atoms with Crippen molar-refractivity contribution in [3.8, 4) is 5.75 Å². The topological polar surface area (TPSA) is 64.6 Å². The Morgan fingerprint density at radius 2 is 2.29 bits per heavy atom. The van der Waals surface area contributed by atoms with E-state index in [0.717, 1.165) is 0 Å². The maximum Gasteiger partial charge on any atom is 0.338 e. The van der Waals surface area contributed by atoms with Crippen molar-refractivity contribution in [3.63, 3.8) is 0 Å². The van der Waals surface area contributed by atoms with Crippen LogP contribution in [-0.2, 0) is 9.53 Å². The van der Waals surface area contributed by atoms with Gasteiger partial charge in [-0.1, -0.05) is 0 Å². The summed E-state index contributed by atoms with van der Waals surface area (Å²) < 4.78 is 10.3. The van der Waals surface area contributed by atoms with Gasteiger partial charge in [0.05, 0.1) is 17.9 Å². The van der Waals surface area contributed by atoms with E-state index in [4.69, 9.17) is 9.47 Å². The zero-order valence-electron chi connectivity index (χ0n) is 9.65. The Balaban J connectivity index is 2.28. The molecule has 1 aromatic rings. The highest BCUT2D eigenvalue weighted by Gasteiger charge is 2.24. The van der Waals surface area contributed by atoms with Crippen molar-refractivity contribution in [3.05, 3.63) is 23.8 Å². The molecule has 0 bridgehead atoms. The monoisotopic (exact) mass is 235 g/mol. The average molecular weight is 235 g/mol. The first-order valence-electron chi connectivity index (χ1n) is 5.40. The highest BCUT2D eigenvalue weighted by atomic mass is 16.5. The minimum Gasteiger partial charge on any atom is -0.479 e. The van der Waals surface area contributed by atoms with Crippen molar-refractivity contribution in [1.29, 1.82) is 0 Å². The summed E-state index contributed by atoms with van der Waals surface area (Å²) in [4.78, 5) is 22.9. The first kappa shape index (κ1) is 11.4. The van der Waals surface area contributed by atoms with Gasteiger partial charge in [-0.05, 0) is 32.0 Å². The number of esters is 1. The van der Waals surface area contributed by atoms with E-state index in [-0.39, 0.29) is 5.91 Å². The van der Waals surface area contributed by atoms with Crippen molar-refractivity contribution in [2.45, 2.75) is 20.0 Å². The molecule has 1 N–H and O–H groups in total. The molecule has 0 saturated heterocycles. The zero-order chi connectivity index (χ0) is 12.4. The van der Waals surface area contributed by atoms with Gasteiger partial charge in [0.15, 0.2) is 6.10 Å². The normalized spacial score (nSPS) is 17.8. The zero-order valence-corrected chi connectivity index (χ0v) is 9.65. The SMILES string of the molecule is CCOC(=O)c1ccc2c(c1)OC(C)C(=O)N2. The number of hydrogen-bond acceptors (Lipinski definition) is 4. The van der Waals surface area contributed by atoms with Gasteiger partial charge in [0.25, 0.3) is 5.91 Å². The lowest BCUT2D eigenvalue weighted by Crippen LogP contribution is -2.34. The van der Waals surface area contributed by atoms with Gasteiger partial charge in [0.2, 0.25) is 0 Å². The van der Waals surface area contributed by atoms with Crippen LogP contribution in [0.2, 0.25) is 0 Å². The smallest absolute Gasteiger partial charge is 0.338 e. The molecule has 17 heavy (non-hydrogen) atoms. The van der Waals surface area contributed by atoms with Gasteiger partial charge in [0, 0.05) is 0 Å². The molecular formula is C12H13NO4. The van der Waals surface area contributed by atoms with E-state index in [2.05, 4.69) is 5.32 Å². The van der Waals surface area contributed by atoms with Crippen molar-refractivity contribution >= 4 is 17.6 Å². The Kier molecular flexibility index (Phi) is 2.99. The predicted octanol–water partition coefficient (Wildman–Crippen LogP) is 1.58. The number of fused-ring (bicyclic) bond motifs is 1. The summed E-state index contributed by atoms with van der Waals surface area (Å²) >= 11 is 0. The Hall–Kier alpha value is -2.04. The van der Waals surface area contributed by atoms with E-state index in [1.54, 1.807) is 32.0 Å². The minimum absolute atomic E-state index is 0.193. The number of anilines is 1. The summed E-state index contributed by atoms with van der Waals surface area (Å²) in [6.45, 7) is 3.72. The van der Waals surface area contributed by atoms with Gasteiger partial charge < -0.3 is 14.8 Å². The number of benzene rings is 1. The third-order valence-corrected chi connectivity index (χ3v) is 2.42. The molecule has 0 radical (unpaired) electrons. The molecule has 0 saturated carbocycles. The van der Waals surface area contributed by atoms with Gasteiger partial charge in [-0.2, -0.15) is 0 Å². The van der Waals surface area contributed by atoms with Crippen LogP contribution in [-0.4, -0.2) is 24.6 Å². The van der Waals surface area contributed by atoms with Crippen molar-refractivity contribution in [2.24, 2.45) is 0 Å². The Morgan fingerprint density at radius 3 is 3.00 bits per heavy atom. The van der Waals surface area contributed by atoms with Gasteiger partial charge in [-0.25, -0.2) is 4.79 Å². The van der Waals surface area contributed by atoms with Gasteiger partial charge in [0.1, 0.15) is 5.75 Å². The van der Waals surface area contributed by atoms with E-state index in [1.165, 1.54) is 0 Å². The number of rotatable bonds is 2. The summed E-state index contributed by atoms with van der Waals surface area (Å²) in [6.07, 6.45) is -0.556. The van der Waals surface area contributed by atoms with Crippen LogP contribution in [0.15, 0.2) is 18.2 Å². The third kappa shape index (κ3) is 2.22. The van der Waals surface area contributed by atoms with Gasteiger partial charge in [-0.15, -0.1) is 0 Å². The summed E-state index contributed by atoms with van der Waals surface area (Å²) in [5.74, 6) is -0.104. The maximum absolute atomic E-state index is 11.5. The second-order valence-corrected chi connectivity index (χ2v) is 3.68. The van der Waals surface area contributed by atoms with Crippen LogP contribution in [0.25, 0.3) is 0 Å². The number of hydrogen-bond donors (Lipinski definition) is 1. The fourth-order valence-electron chi connectivity index (χ4n) is 1.54. The first-order valence-corrected chi connectivity index (χ1v) is 5.40. The highest BCUT2D eigenvalue weighted by Crippen LogP contribution is 2.30. The largest absolute Gasteiger partial charge is 0.479 e. The third-order valence-electron chi connectivity index (χ3n) is 2.42. The summed E-state index contributed by atoms with van der Waals surface area (Å²) in [5, 5.41) is 2.69. The van der Waals surface area contributed by atoms with Crippen LogP contribution in [0.4, 0.5) is 5.69 Å². The summed E-state index contributed by atoms with van der Waals surface area (Å²) in [6, 6.07) is 4.80. The van der Waals surface area contributed by atoms with E-state index in [9.17, 15) is 9.59 Å². The second-order valence-electron chi connectivity index (χ2n) is 3.68. The molecule has 1 atom stereocenters. The molecule has 1 amide bonds.